The van der Waals surface area contributed by atoms with E-state index in [1.807, 2.05) is 30.3 Å². The Labute approximate surface area is 156 Å². The molecule has 3 heterocycles. The predicted molar refractivity (Wildman–Crippen MR) is 103 cm³/mol. The average molecular weight is 387 g/mol. The molecule has 0 spiro atoms. The Balaban J connectivity index is 1.48. The number of aromatic amines is 1. The topological polar surface area (TPSA) is 63.6 Å². The summed E-state index contributed by atoms with van der Waals surface area (Å²) < 4.78 is 1.66. The third-order valence-corrected chi connectivity index (χ3v) is 6.21. The third kappa shape index (κ3) is 3.76. The van der Waals surface area contributed by atoms with Gasteiger partial charge in [-0.1, -0.05) is 42.1 Å². The Hall–Kier alpha value is -2.16. The van der Waals surface area contributed by atoms with Gasteiger partial charge in [-0.05, 0) is 17.0 Å². The van der Waals surface area contributed by atoms with Crippen LogP contribution in [0.15, 0.2) is 62.5 Å². The number of nitrogens with zero attached hydrogens (tertiary/aromatic N) is 3. The highest BCUT2D eigenvalue weighted by atomic mass is 32.2. The summed E-state index contributed by atoms with van der Waals surface area (Å²) in [6, 6.07) is 12.0. The van der Waals surface area contributed by atoms with Crippen molar-refractivity contribution in [3.05, 3.63) is 74.3 Å². The first-order chi connectivity index (χ1) is 12.3. The van der Waals surface area contributed by atoms with Crippen molar-refractivity contribution in [2.24, 2.45) is 0 Å². The van der Waals surface area contributed by atoms with Crippen LogP contribution in [0.5, 0.6) is 0 Å². The van der Waals surface area contributed by atoms with E-state index in [2.05, 4.69) is 37.4 Å². The van der Waals surface area contributed by atoms with Crippen LogP contribution in [0, 0.1) is 0 Å². The lowest BCUT2D eigenvalue weighted by Gasteiger charge is -2.04. The van der Waals surface area contributed by atoms with Gasteiger partial charge in [0.25, 0.3) is 0 Å². The molecule has 4 aromatic rings. The van der Waals surface area contributed by atoms with Crippen LogP contribution >= 0.6 is 34.4 Å². The zero-order valence-corrected chi connectivity index (χ0v) is 15.5. The van der Waals surface area contributed by atoms with E-state index >= 15 is 0 Å². The van der Waals surface area contributed by atoms with Gasteiger partial charge in [-0.3, -0.25) is 4.57 Å². The highest BCUT2D eigenvalue weighted by Gasteiger charge is 2.11. The summed E-state index contributed by atoms with van der Waals surface area (Å²) in [6.45, 7) is 0.510. The lowest BCUT2D eigenvalue weighted by molar-refractivity contribution is 0.687. The van der Waals surface area contributed by atoms with Crippen molar-refractivity contribution in [2.45, 2.75) is 17.5 Å². The fourth-order valence-corrected chi connectivity index (χ4v) is 4.83. The Morgan fingerprint density at radius 1 is 1.16 bits per heavy atom. The highest BCUT2D eigenvalue weighted by molar-refractivity contribution is 7.98. The second kappa shape index (κ2) is 7.38. The van der Waals surface area contributed by atoms with Crippen LogP contribution in [0.4, 0.5) is 0 Å². The predicted octanol–water partition coefficient (Wildman–Crippen LogP) is 4.10. The van der Waals surface area contributed by atoms with Crippen molar-refractivity contribution in [2.75, 3.05) is 0 Å². The molecule has 0 atom stereocenters. The summed E-state index contributed by atoms with van der Waals surface area (Å²) in [7, 11) is 0. The molecule has 0 aliphatic rings. The quantitative estimate of drug-likeness (QED) is 0.507. The summed E-state index contributed by atoms with van der Waals surface area (Å²) in [5.41, 5.74) is 3.04. The van der Waals surface area contributed by atoms with Crippen LogP contribution in [0.2, 0.25) is 0 Å². The van der Waals surface area contributed by atoms with Gasteiger partial charge < -0.3 is 0 Å². The van der Waals surface area contributed by atoms with Crippen molar-refractivity contribution in [1.29, 1.82) is 0 Å². The number of rotatable bonds is 6. The van der Waals surface area contributed by atoms with E-state index in [0.717, 1.165) is 21.8 Å². The zero-order chi connectivity index (χ0) is 17.1. The molecule has 0 bridgehead atoms. The van der Waals surface area contributed by atoms with E-state index in [1.165, 1.54) is 11.8 Å². The second-order valence-electron chi connectivity index (χ2n) is 5.33. The number of H-pyrrole nitrogens is 1. The average Bonchev–Trinajstić information content (AvgIpc) is 3.37. The largest absolute Gasteiger partial charge is 0.344 e. The number of hydrogen-bond donors (Lipinski definition) is 1. The molecule has 0 fully saturated rings. The molecule has 0 saturated carbocycles. The van der Waals surface area contributed by atoms with Crippen LogP contribution in [-0.2, 0) is 12.3 Å². The first-order valence-corrected chi connectivity index (χ1v) is 10.4. The van der Waals surface area contributed by atoms with Crippen molar-refractivity contribution in [1.82, 2.24) is 19.7 Å². The number of nitrogens with one attached hydrogen (secondary N) is 1. The minimum Gasteiger partial charge on any atom is -0.266 e. The molecule has 5 nitrogen and oxygen atoms in total. The maximum Gasteiger partial charge on any atom is 0.344 e. The van der Waals surface area contributed by atoms with Gasteiger partial charge >= 0.3 is 5.69 Å². The van der Waals surface area contributed by atoms with Gasteiger partial charge in [0.05, 0.1) is 12.2 Å². The summed E-state index contributed by atoms with van der Waals surface area (Å²) in [6.07, 6.45) is 0. The van der Waals surface area contributed by atoms with Gasteiger partial charge in [0, 0.05) is 22.1 Å². The van der Waals surface area contributed by atoms with Gasteiger partial charge in [0.1, 0.15) is 5.01 Å². The molecule has 3 aromatic heterocycles. The van der Waals surface area contributed by atoms with Crippen LogP contribution in [-0.4, -0.2) is 19.7 Å². The van der Waals surface area contributed by atoms with E-state index in [0.29, 0.717) is 17.5 Å². The van der Waals surface area contributed by atoms with Crippen molar-refractivity contribution in [3.8, 4) is 10.6 Å². The number of hydrogen-bond acceptors (Lipinski definition) is 6. The lowest BCUT2D eigenvalue weighted by Crippen LogP contribution is -2.18. The monoisotopic (exact) mass is 386 g/mol. The van der Waals surface area contributed by atoms with Gasteiger partial charge in [-0.15, -0.1) is 16.4 Å². The van der Waals surface area contributed by atoms with Crippen molar-refractivity contribution in [3.63, 3.8) is 0 Å². The normalized spacial score (nSPS) is 11.0. The molecule has 8 heteroatoms. The number of aromatic nitrogens is 4. The van der Waals surface area contributed by atoms with Crippen LogP contribution in [0.25, 0.3) is 10.6 Å². The van der Waals surface area contributed by atoms with Gasteiger partial charge in [-0.2, -0.15) is 11.3 Å². The molecule has 4 rings (SSSR count). The van der Waals surface area contributed by atoms with E-state index in [4.69, 9.17) is 0 Å². The molecule has 0 aliphatic carbocycles. The third-order valence-electron chi connectivity index (χ3n) is 3.58. The summed E-state index contributed by atoms with van der Waals surface area (Å²) >= 11 is 4.83. The Bertz CT molecular complexity index is 1000. The fourth-order valence-electron chi connectivity index (χ4n) is 2.35. The summed E-state index contributed by atoms with van der Waals surface area (Å²) in [5, 5.41) is 14.6. The van der Waals surface area contributed by atoms with E-state index in [9.17, 15) is 4.79 Å². The highest BCUT2D eigenvalue weighted by Crippen LogP contribution is 2.28. The number of thioether (sulfide) groups is 1. The van der Waals surface area contributed by atoms with Gasteiger partial charge in [-0.25, -0.2) is 14.9 Å². The fraction of sp³-hybridized carbons (Fsp3) is 0.118. The SMILES string of the molecule is O=c1[nH]nc(SCc2csc(-c3ccsc3)n2)n1Cc1ccccc1. The molecule has 0 aliphatic heterocycles. The Kier molecular flexibility index (Phi) is 4.82. The van der Waals surface area contributed by atoms with Gasteiger partial charge in [0.15, 0.2) is 5.16 Å². The zero-order valence-electron chi connectivity index (χ0n) is 13.1. The van der Waals surface area contributed by atoms with Crippen LogP contribution in [0.1, 0.15) is 11.3 Å². The molecule has 0 unspecified atom stereocenters. The standard InChI is InChI=1S/C17H14N4OS3/c22-16-19-20-17(21(16)8-12-4-2-1-3-5-12)25-11-14-10-24-15(18-14)13-6-7-23-9-13/h1-7,9-10H,8,11H2,(H,19,22). The molecule has 1 aromatic carbocycles. The first kappa shape index (κ1) is 16.3. The molecule has 1 N–H and O–H groups in total. The number of thiazole rings is 1. The van der Waals surface area contributed by atoms with Crippen LogP contribution in [0.3, 0.4) is 0 Å². The molecular formula is C17H14N4OS3. The number of benzene rings is 1. The molecule has 0 radical (unpaired) electrons. The summed E-state index contributed by atoms with van der Waals surface area (Å²) in [5.74, 6) is 0.680. The molecule has 0 saturated heterocycles. The van der Waals surface area contributed by atoms with Crippen LogP contribution < -0.4 is 5.69 Å². The lowest BCUT2D eigenvalue weighted by atomic mass is 10.2. The van der Waals surface area contributed by atoms with E-state index in [1.54, 1.807) is 27.2 Å². The summed E-state index contributed by atoms with van der Waals surface area (Å²) in [4.78, 5) is 16.7. The minimum absolute atomic E-state index is 0.191. The van der Waals surface area contributed by atoms with Crippen molar-refractivity contribution < 1.29 is 0 Å². The van der Waals surface area contributed by atoms with Crippen molar-refractivity contribution >= 4 is 34.4 Å². The van der Waals surface area contributed by atoms with E-state index in [-0.39, 0.29) is 5.69 Å². The molecule has 0 amide bonds. The smallest absolute Gasteiger partial charge is 0.266 e. The van der Waals surface area contributed by atoms with E-state index < -0.39 is 0 Å². The Morgan fingerprint density at radius 2 is 2.04 bits per heavy atom. The maximum absolute atomic E-state index is 12.0. The molecule has 25 heavy (non-hydrogen) atoms. The Morgan fingerprint density at radius 3 is 2.84 bits per heavy atom. The first-order valence-electron chi connectivity index (χ1n) is 7.58. The minimum atomic E-state index is -0.191. The second-order valence-corrected chi connectivity index (χ2v) is 7.91. The van der Waals surface area contributed by atoms with Gasteiger partial charge in [0.2, 0.25) is 0 Å². The molecule has 126 valence electrons. The number of thiophene rings is 1. The maximum atomic E-state index is 12.0. The molecular weight excluding hydrogens is 372 g/mol.